The van der Waals surface area contributed by atoms with Gasteiger partial charge in [-0.1, -0.05) is 73.3 Å². The fourth-order valence-corrected chi connectivity index (χ4v) is 4.89. The number of hydrogen-bond acceptors (Lipinski definition) is 1. The molecule has 5 aromatic rings. The largest absolute Gasteiger partial charge is 0.134 e. The van der Waals surface area contributed by atoms with Crippen molar-refractivity contribution < 1.29 is 0 Å². The monoisotopic (exact) mass is 310 g/mol. The Kier molecular flexibility index (Phi) is 2.61. The van der Waals surface area contributed by atoms with E-state index in [0.717, 1.165) is 0 Å². The molecule has 1 heterocycles. The zero-order valence-electron chi connectivity index (χ0n) is 12.5. The molecule has 0 fully saturated rings. The zero-order chi connectivity index (χ0) is 15.4. The molecule has 0 spiro atoms. The highest BCUT2D eigenvalue weighted by Gasteiger charge is 2.13. The Morgan fingerprint density at radius 3 is 2.26 bits per heavy atom. The van der Waals surface area contributed by atoms with Crippen molar-refractivity contribution in [3.05, 3.63) is 78.9 Å². The standard InChI is InChI=1S/C22H14S/c1-2-14-13-16-8-4-5-9-17(16)20-19-12-11-15-7-3-6-10-18(15)22(19)23-21(14)20/h2-13H,1H2. The van der Waals surface area contributed by atoms with Crippen LogP contribution >= 0.6 is 11.3 Å². The van der Waals surface area contributed by atoms with Crippen molar-refractivity contribution in [1.29, 1.82) is 0 Å². The van der Waals surface area contributed by atoms with Gasteiger partial charge in [0, 0.05) is 20.2 Å². The molecule has 1 aromatic heterocycles. The van der Waals surface area contributed by atoms with Crippen LogP contribution < -0.4 is 0 Å². The molecular weight excluding hydrogens is 296 g/mol. The summed E-state index contributed by atoms with van der Waals surface area (Å²) in [6.45, 7) is 4.03. The summed E-state index contributed by atoms with van der Waals surface area (Å²) in [7, 11) is 0. The summed E-state index contributed by atoms with van der Waals surface area (Å²) in [5, 5.41) is 7.96. The molecule has 0 bridgehead atoms. The minimum atomic E-state index is 1.23. The van der Waals surface area contributed by atoms with E-state index in [4.69, 9.17) is 0 Å². The summed E-state index contributed by atoms with van der Waals surface area (Å²) >= 11 is 1.89. The summed E-state index contributed by atoms with van der Waals surface area (Å²) in [6.07, 6.45) is 1.98. The van der Waals surface area contributed by atoms with Crippen LogP contribution in [0.1, 0.15) is 5.56 Å². The molecule has 0 amide bonds. The van der Waals surface area contributed by atoms with Crippen molar-refractivity contribution in [2.24, 2.45) is 0 Å². The highest BCUT2D eigenvalue weighted by atomic mass is 32.1. The van der Waals surface area contributed by atoms with Crippen molar-refractivity contribution in [3.63, 3.8) is 0 Å². The van der Waals surface area contributed by atoms with Crippen LogP contribution in [0.15, 0.2) is 73.3 Å². The maximum absolute atomic E-state index is 4.03. The van der Waals surface area contributed by atoms with E-state index in [1.807, 2.05) is 17.4 Å². The van der Waals surface area contributed by atoms with Crippen LogP contribution in [-0.4, -0.2) is 0 Å². The summed E-state index contributed by atoms with van der Waals surface area (Å²) in [5.74, 6) is 0. The molecule has 0 saturated heterocycles. The third kappa shape index (κ3) is 1.71. The second kappa shape index (κ2) is 4.68. The van der Waals surface area contributed by atoms with Gasteiger partial charge in [-0.3, -0.25) is 0 Å². The molecule has 1 heteroatoms. The molecular formula is C22H14S. The normalized spacial score (nSPS) is 11.7. The Hall–Kier alpha value is -2.64. The van der Waals surface area contributed by atoms with Crippen LogP contribution in [0.5, 0.6) is 0 Å². The van der Waals surface area contributed by atoms with Gasteiger partial charge in [-0.05, 0) is 33.2 Å². The second-order valence-corrected chi connectivity index (χ2v) is 6.88. The van der Waals surface area contributed by atoms with Gasteiger partial charge in [0.05, 0.1) is 0 Å². The number of fused-ring (bicyclic) bond motifs is 7. The average molecular weight is 310 g/mol. The number of rotatable bonds is 1. The second-order valence-electron chi connectivity index (χ2n) is 5.86. The summed E-state index contributed by atoms with van der Waals surface area (Å²) in [4.78, 5) is 0. The van der Waals surface area contributed by atoms with Crippen molar-refractivity contribution in [1.82, 2.24) is 0 Å². The fraction of sp³-hybridized carbons (Fsp3) is 0. The molecule has 0 nitrogen and oxygen atoms in total. The van der Waals surface area contributed by atoms with E-state index in [1.165, 1.54) is 47.3 Å². The number of benzene rings is 4. The Labute approximate surface area is 138 Å². The molecule has 0 unspecified atom stereocenters. The van der Waals surface area contributed by atoms with E-state index in [1.54, 1.807) is 0 Å². The lowest BCUT2D eigenvalue weighted by Crippen LogP contribution is -1.78. The maximum atomic E-state index is 4.03. The Bertz CT molecular complexity index is 1220. The van der Waals surface area contributed by atoms with Gasteiger partial charge in [-0.25, -0.2) is 0 Å². The molecule has 0 aliphatic heterocycles. The minimum absolute atomic E-state index is 1.23. The Morgan fingerprint density at radius 1 is 0.696 bits per heavy atom. The first-order valence-corrected chi connectivity index (χ1v) is 8.56. The zero-order valence-corrected chi connectivity index (χ0v) is 13.4. The van der Waals surface area contributed by atoms with E-state index >= 15 is 0 Å². The molecule has 5 rings (SSSR count). The van der Waals surface area contributed by atoms with Gasteiger partial charge < -0.3 is 0 Å². The van der Waals surface area contributed by atoms with E-state index in [9.17, 15) is 0 Å². The molecule has 0 radical (unpaired) electrons. The van der Waals surface area contributed by atoms with Gasteiger partial charge in [0.2, 0.25) is 0 Å². The SMILES string of the molecule is C=Cc1cc2ccccc2c2c1sc1c3ccccc3ccc12. The molecule has 23 heavy (non-hydrogen) atoms. The van der Waals surface area contributed by atoms with E-state index in [0.29, 0.717) is 0 Å². The average Bonchev–Trinajstić information content (AvgIpc) is 3.01. The number of thiophene rings is 1. The van der Waals surface area contributed by atoms with E-state index in [-0.39, 0.29) is 0 Å². The third-order valence-corrected chi connectivity index (χ3v) is 5.89. The molecule has 108 valence electrons. The first-order chi connectivity index (χ1) is 11.4. The summed E-state index contributed by atoms with van der Waals surface area (Å²) in [5.41, 5.74) is 1.23. The molecule has 0 N–H and O–H groups in total. The fourth-order valence-electron chi connectivity index (χ4n) is 3.53. The van der Waals surface area contributed by atoms with Crippen molar-refractivity contribution in [2.75, 3.05) is 0 Å². The minimum Gasteiger partial charge on any atom is -0.134 e. The van der Waals surface area contributed by atoms with Gasteiger partial charge in [-0.2, -0.15) is 0 Å². The van der Waals surface area contributed by atoms with Crippen molar-refractivity contribution in [2.45, 2.75) is 0 Å². The lowest BCUT2D eigenvalue weighted by atomic mass is 9.99. The van der Waals surface area contributed by atoms with Gasteiger partial charge >= 0.3 is 0 Å². The summed E-state index contributed by atoms with van der Waals surface area (Å²) in [6, 6.07) is 24.0. The van der Waals surface area contributed by atoms with Gasteiger partial charge in [0.1, 0.15) is 0 Å². The van der Waals surface area contributed by atoms with E-state index in [2.05, 4.69) is 73.3 Å². The van der Waals surface area contributed by atoms with Crippen molar-refractivity contribution in [3.8, 4) is 0 Å². The van der Waals surface area contributed by atoms with Crippen LogP contribution in [-0.2, 0) is 0 Å². The predicted octanol–water partition coefficient (Wildman–Crippen LogP) is 7.00. The highest BCUT2D eigenvalue weighted by molar-refractivity contribution is 7.27. The third-order valence-electron chi connectivity index (χ3n) is 4.60. The van der Waals surface area contributed by atoms with Crippen LogP contribution in [0.3, 0.4) is 0 Å². The lowest BCUT2D eigenvalue weighted by Gasteiger charge is -2.04. The smallest absolute Gasteiger partial charge is 0.0434 e. The first-order valence-electron chi connectivity index (χ1n) is 7.75. The lowest BCUT2D eigenvalue weighted by molar-refractivity contribution is 1.80. The molecule has 0 aliphatic rings. The van der Waals surface area contributed by atoms with Crippen LogP contribution in [0, 0.1) is 0 Å². The van der Waals surface area contributed by atoms with Gasteiger partial charge in [-0.15, -0.1) is 11.3 Å². The number of hydrogen-bond donors (Lipinski definition) is 0. The Balaban J connectivity index is 2.14. The molecule has 4 aromatic carbocycles. The van der Waals surface area contributed by atoms with Gasteiger partial charge in [0.25, 0.3) is 0 Å². The van der Waals surface area contributed by atoms with Crippen molar-refractivity contribution >= 4 is 59.1 Å². The maximum Gasteiger partial charge on any atom is 0.0434 e. The predicted molar refractivity (Wildman–Crippen MR) is 104 cm³/mol. The highest BCUT2D eigenvalue weighted by Crippen LogP contribution is 2.43. The van der Waals surface area contributed by atoms with E-state index < -0.39 is 0 Å². The molecule has 0 aliphatic carbocycles. The first kappa shape index (κ1) is 12.9. The summed E-state index contributed by atoms with van der Waals surface area (Å²) < 4.78 is 2.71. The quantitative estimate of drug-likeness (QED) is 0.312. The Morgan fingerprint density at radius 2 is 1.43 bits per heavy atom. The van der Waals surface area contributed by atoms with Gasteiger partial charge in [0.15, 0.2) is 0 Å². The van der Waals surface area contributed by atoms with Crippen LogP contribution in [0.25, 0.3) is 47.8 Å². The van der Waals surface area contributed by atoms with Crippen LogP contribution in [0.4, 0.5) is 0 Å². The van der Waals surface area contributed by atoms with Crippen LogP contribution in [0.2, 0.25) is 0 Å². The topological polar surface area (TPSA) is 0 Å². The molecule has 0 atom stereocenters. The molecule has 0 saturated carbocycles.